The van der Waals surface area contributed by atoms with Gasteiger partial charge in [0.1, 0.15) is 6.10 Å². The first-order chi connectivity index (χ1) is 10.9. The lowest BCUT2D eigenvalue weighted by molar-refractivity contribution is -0.160. The summed E-state index contributed by atoms with van der Waals surface area (Å²) in [6, 6.07) is 0. The predicted molar refractivity (Wildman–Crippen MR) is 96.6 cm³/mol. The van der Waals surface area contributed by atoms with Crippen LogP contribution in [0.25, 0.3) is 0 Å². The van der Waals surface area contributed by atoms with Crippen LogP contribution >= 0.6 is 0 Å². The summed E-state index contributed by atoms with van der Waals surface area (Å²) in [5.41, 5.74) is 0. The zero-order valence-electron chi connectivity index (χ0n) is 16.4. The van der Waals surface area contributed by atoms with Crippen molar-refractivity contribution in [2.45, 2.75) is 102 Å². The molecule has 0 bridgehead atoms. The van der Waals surface area contributed by atoms with Crippen LogP contribution in [0.1, 0.15) is 53.9 Å². The summed E-state index contributed by atoms with van der Waals surface area (Å²) >= 11 is 0. The van der Waals surface area contributed by atoms with Crippen molar-refractivity contribution < 1.29 is 23.7 Å². The number of aliphatic hydroxyl groups excluding tert-OH is 1. The minimum absolute atomic E-state index is 0.0715. The SMILES string of the molecule is CC1(C)OCC(C[C@@H]2CC[C@H](O)[C@@H](CO[Si](C)(C)C(C)(C)C)O2)O1. The van der Waals surface area contributed by atoms with E-state index < -0.39 is 20.2 Å². The van der Waals surface area contributed by atoms with Crippen molar-refractivity contribution in [2.24, 2.45) is 0 Å². The molecule has 0 aromatic rings. The van der Waals surface area contributed by atoms with E-state index in [4.69, 9.17) is 18.6 Å². The molecule has 2 aliphatic heterocycles. The van der Waals surface area contributed by atoms with E-state index in [1.807, 2.05) is 13.8 Å². The van der Waals surface area contributed by atoms with Crippen molar-refractivity contribution >= 4 is 8.32 Å². The molecular weight excluding hydrogens is 324 g/mol. The quantitative estimate of drug-likeness (QED) is 0.761. The van der Waals surface area contributed by atoms with Crippen LogP contribution in [0.4, 0.5) is 0 Å². The van der Waals surface area contributed by atoms with Crippen LogP contribution in [0.15, 0.2) is 0 Å². The normalized spacial score (nSPS) is 34.5. The minimum Gasteiger partial charge on any atom is -0.414 e. The molecule has 0 aromatic heterocycles. The van der Waals surface area contributed by atoms with Gasteiger partial charge in [-0.25, -0.2) is 0 Å². The maximum Gasteiger partial charge on any atom is 0.192 e. The third-order valence-electron chi connectivity index (χ3n) is 5.59. The summed E-state index contributed by atoms with van der Waals surface area (Å²) < 4.78 is 23.9. The largest absolute Gasteiger partial charge is 0.414 e. The third kappa shape index (κ3) is 5.26. The summed E-state index contributed by atoms with van der Waals surface area (Å²) in [5, 5.41) is 10.4. The first-order valence-corrected chi connectivity index (χ1v) is 12.1. The fourth-order valence-corrected chi connectivity index (χ4v) is 3.97. The molecule has 0 amide bonds. The second-order valence-electron chi connectivity index (χ2n) is 9.20. The Morgan fingerprint density at radius 2 is 1.83 bits per heavy atom. The summed E-state index contributed by atoms with van der Waals surface area (Å²) in [4.78, 5) is 0. The number of hydrogen-bond acceptors (Lipinski definition) is 5. The van der Waals surface area contributed by atoms with Gasteiger partial charge >= 0.3 is 0 Å². The number of hydrogen-bond donors (Lipinski definition) is 1. The van der Waals surface area contributed by atoms with Crippen LogP contribution in [0.5, 0.6) is 0 Å². The molecule has 0 aromatic carbocycles. The Bertz CT molecular complexity index is 418. The van der Waals surface area contributed by atoms with Crippen molar-refractivity contribution in [3.63, 3.8) is 0 Å². The van der Waals surface area contributed by atoms with E-state index in [2.05, 4.69) is 33.9 Å². The molecule has 0 saturated carbocycles. The molecule has 0 spiro atoms. The highest BCUT2D eigenvalue weighted by molar-refractivity contribution is 6.74. The summed E-state index contributed by atoms with van der Waals surface area (Å²) in [6.07, 6.45) is 1.92. The molecule has 2 fully saturated rings. The molecule has 2 heterocycles. The average molecular weight is 361 g/mol. The van der Waals surface area contributed by atoms with Crippen LogP contribution in [-0.4, -0.2) is 56.8 Å². The fourth-order valence-electron chi connectivity index (χ4n) is 2.95. The molecular formula is C18H36O5Si. The summed E-state index contributed by atoms with van der Waals surface area (Å²) in [6.45, 7) is 16.1. The van der Waals surface area contributed by atoms with Gasteiger partial charge in [-0.3, -0.25) is 0 Å². The highest BCUT2D eigenvalue weighted by Crippen LogP contribution is 2.37. The Balaban J connectivity index is 1.85. The highest BCUT2D eigenvalue weighted by Gasteiger charge is 2.40. The molecule has 4 atom stereocenters. The smallest absolute Gasteiger partial charge is 0.192 e. The summed E-state index contributed by atoms with van der Waals surface area (Å²) in [7, 11) is -1.83. The zero-order valence-corrected chi connectivity index (χ0v) is 17.4. The lowest BCUT2D eigenvalue weighted by atomic mass is 9.98. The zero-order chi connectivity index (χ0) is 18.2. The lowest BCUT2D eigenvalue weighted by Gasteiger charge is -2.40. The molecule has 6 heteroatoms. The van der Waals surface area contributed by atoms with Gasteiger partial charge in [0.15, 0.2) is 14.1 Å². The Morgan fingerprint density at radius 1 is 1.17 bits per heavy atom. The van der Waals surface area contributed by atoms with Gasteiger partial charge in [-0.05, 0) is 44.8 Å². The van der Waals surface area contributed by atoms with Gasteiger partial charge in [0.25, 0.3) is 0 Å². The number of ether oxygens (including phenoxy) is 3. The topological polar surface area (TPSA) is 57.2 Å². The van der Waals surface area contributed by atoms with E-state index in [0.717, 1.165) is 19.3 Å². The van der Waals surface area contributed by atoms with E-state index in [0.29, 0.717) is 13.2 Å². The van der Waals surface area contributed by atoms with Gasteiger partial charge in [-0.2, -0.15) is 0 Å². The second kappa shape index (κ2) is 7.33. The second-order valence-corrected chi connectivity index (χ2v) is 14.0. The molecule has 5 nitrogen and oxygen atoms in total. The first-order valence-electron chi connectivity index (χ1n) is 9.19. The van der Waals surface area contributed by atoms with Gasteiger partial charge in [0.2, 0.25) is 0 Å². The van der Waals surface area contributed by atoms with E-state index >= 15 is 0 Å². The fraction of sp³-hybridized carbons (Fsp3) is 1.00. The van der Waals surface area contributed by atoms with Crippen LogP contribution < -0.4 is 0 Å². The van der Waals surface area contributed by atoms with Gasteiger partial charge in [-0.1, -0.05) is 20.8 Å². The van der Waals surface area contributed by atoms with Gasteiger partial charge in [0.05, 0.1) is 31.5 Å². The number of rotatable bonds is 5. The van der Waals surface area contributed by atoms with E-state index in [-0.39, 0.29) is 23.4 Å². The lowest BCUT2D eigenvalue weighted by Crippen LogP contribution is -2.48. The Hall–Kier alpha value is 0.0169. The Kier molecular flexibility index (Phi) is 6.21. The predicted octanol–water partition coefficient (Wildman–Crippen LogP) is 3.46. The minimum atomic E-state index is -1.83. The monoisotopic (exact) mass is 360 g/mol. The molecule has 1 unspecified atom stereocenters. The third-order valence-corrected chi connectivity index (χ3v) is 10.1. The Morgan fingerprint density at radius 3 is 2.38 bits per heavy atom. The molecule has 2 aliphatic rings. The van der Waals surface area contributed by atoms with Crippen LogP contribution in [0.3, 0.4) is 0 Å². The standard InChI is InChI=1S/C18H36O5Si/c1-17(2,3)24(6,7)21-12-16-15(19)9-8-13(22-16)10-14-11-20-18(4,5)23-14/h13-16,19H,8-12H2,1-7H3/t13-,14?,15-,16+/m0/s1. The van der Waals surface area contributed by atoms with Crippen LogP contribution in [0.2, 0.25) is 18.1 Å². The van der Waals surface area contributed by atoms with Crippen molar-refractivity contribution in [1.29, 1.82) is 0 Å². The van der Waals surface area contributed by atoms with Crippen LogP contribution in [-0.2, 0) is 18.6 Å². The number of aliphatic hydroxyl groups is 1. The molecule has 0 radical (unpaired) electrons. The maximum absolute atomic E-state index is 10.3. The molecule has 0 aliphatic carbocycles. The summed E-state index contributed by atoms with van der Waals surface area (Å²) in [5.74, 6) is -0.496. The molecule has 142 valence electrons. The Labute approximate surface area is 148 Å². The van der Waals surface area contributed by atoms with Gasteiger partial charge in [-0.15, -0.1) is 0 Å². The molecule has 2 rings (SSSR count). The molecule has 24 heavy (non-hydrogen) atoms. The molecule has 2 saturated heterocycles. The van der Waals surface area contributed by atoms with Crippen molar-refractivity contribution in [3.8, 4) is 0 Å². The van der Waals surface area contributed by atoms with Gasteiger partial charge in [0, 0.05) is 6.42 Å². The van der Waals surface area contributed by atoms with E-state index in [1.54, 1.807) is 0 Å². The molecule has 1 N–H and O–H groups in total. The van der Waals surface area contributed by atoms with E-state index in [1.165, 1.54) is 0 Å². The van der Waals surface area contributed by atoms with Crippen molar-refractivity contribution in [2.75, 3.05) is 13.2 Å². The van der Waals surface area contributed by atoms with Gasteiger partial charge < -0.3 is 23.7 Å². The first kappa shape index (κ1) is 20.3. The van der Waals surface area contributed by atoms with Crippen LogP contribution in [0, 0.1) is 0 Å². The van der Waals surface area contributed by atoms with Crippen molar-refractivity contribution in [1.82, 2.24) is 0 Å². The maximum atomic E-state index is 10.3. The van der Waals surface area contributed by atoms with E-state index in [9.17, 15) is 5.11 Å². The highest BCUT2D eigenvalue weighted by atomic mass is 28.4. The average Bonchev–Trinajstić information content (AvgIpc) is 2.77. The van der Waals surface area contributed by atoms with Crippen molar-refractivity contribution in [3.05, 3.63) is 0 Å².